The molecule has 1 N–H and O–H groups in total. The quantitative estimate of drug-likeness (QED) is 0.432. The van der Waals surface area contributed by atoms with E-state index < -0.39 is 0 Å². The summed E-state index contributed by atoms with van der Waals surface area (Å²) in [5, 5.41) is 5.13. The summed E-state index contributed by atoms with van der Waals surface area (Å²) >= 11 is 6.20. The van der Waals surface area contributed by atoms with E-state index in [0.717, 1.165) is 16.7 Å². The fourth-order valence-electron chi connectivity index (χ4n) is 2.22. The summed E-state index contributed by atoms with van der Waals surface area (Å²) < 4.78 is 5.46. The monoisotopic (exact) mass is 354 g/mol. The van der Waals surface area contributed by atoms with Gasteiger partial charge in [-0.25, -0.2) is 10.4 Å². The molecule has 0 bridgehead atoms. The number of ether oxygens (including phenoxy) is 1. The number of benzene rings is 1. The molecule has 0 aliphatic heterocycles. The van der Waals surface area contributed by atoms with Gasteiger partial charge in [0.1, 0.15) is 10.9 Å². The Balaban J connectivity index is 1.78. The minimum absolute atomic E-state index is 0.294. The third-order valence-electron chi connectivity index (χ3n) is 3.39. The smallest absolute Gasteiger partial charge is 0.271 e. The third kappa shape index (κ3) is 4.10. The number of fused-ring (bicyclic) bond motifs is 1. The van der Waals surface area contributed by atoms with E-state index in [-0.39, 0.29) is 5.91 Å². The maximum atomic E-state index is 11.9. The molecule has 126 valence electrons. The van der Waals surface area contributed by atoms with E-state index in [0.29, 0.717) is 22.9 Å². The number of hydrogen-bond acceptors (Lipinski definition) is 5. The number of hydrogen-bond donors (Lipinski definition) is 1. The zero-order valence-corrected chi connectivity index (χ0v) is 14.2. The number of hydrazone groups is 1. The van der Waals surface area contributed by atoms with Crippen molar-refractivity contribution in [2.24, 2.45) is 5.10 Å². The summed E-state index contributed by atoms with van der Waals surface area (Å²) in [6.07, 6.45) is 4.54. The molecule has 0 atom stereocenters. The van der Waals surface area contributed by atoms with E-state index in [1.165, 1.54) is 6.21 Å². The summed E-state index contributed by atoms with van der Waals surface area (Å²) in [6, 6.07) is 10.7. The predicted molar refractivity (Wildman–Crippen MR) is 97.2 cm³/mol. The van der Waals surface area contributed by atoms with Crippen molar-refractivity contribution in [2.75, 3.05) is 6.61 Å². The van der Waals surface area contributed by atoms with Crippen molar-refractivity contribution in [1.82, 2.24) is 15.4 Å². The second-order valence-corrected chi connectivity index (χ2v) is 5.45. The molecular weight excluding hydrogens is 340 g/mol. The van der Waals surface area contributed by atoms with Crippen molar-refractivity contribution >= 4 is 34.6 Å². The molecule has 0 fully saturated rings. The standard InChI is InChI=1S/C18H15ClN4O2/c1-2-25-15-4-3-13-9-14(17(19)22-16(13)10-15)11-21-23-18(24)12-5-7-20-8-6-12/h3-11H,2H2,1H3,(H,23,24)/b21-11-. The van der Waals surface area contributed by atoms with Crippen molar-refractivity contribution in [3.05, 3.63) is 65.1 Å². The van der Waals surface area contributed by atoms with E-state index in [1.54, 1.807) is 24.5 Å². The van der Waals surface area contributed by atoms with Crippen LogP contribution in [0.4, 0.5) is 0 Å². The Morgan fingerprint density at radius 1 is 1.28 bits per heavy atom. The number of amides is 1. The number of rotatable bonds is 5. The molecule has 0 spiro atoms. The number of nitrogens with one attached hydrogen (secondary N) is 1. The number of halogens is 1. The van der Waals surface area contributed by atoms with Crippen LogP contribution < -0.4 is 10.2 Å². The average molecular weight is 355 g/mol. The Morgan fingerprint density at radius 3 is 2.84 bits per heavy atom. The normalized spacial score (nSPS) is 11.0. The molecule has 3 aromatic rings. The van der Waals surface area contributed by atoms with Crippen molar-refractivity contribution < 1.29 is 9.53 Å². The van der Waals surface area contributed by atoms with Gasteiger partial charge in [-0.05, 0) is 37.3 Å². The number of aromatic nitrogens is 2. The van der Waals surface area contributed by atoms with Crippen molar-refractivity contribution in [2.45, 2.75) is 6.92 Å². The van der Waals surface area contributed by atoms with Crippen LogP contribution in [0, 0.1) is 0 Å². The zero-order valence-electron chi connectivity index (χ0n) is 13.4. The molecule has 2 aromatic heterocycles. The highest BCUT2D eigenvalue weighted by Gasteiger charge is 2.06. The maximum absolute atomic E-state index is 11.9. The largest absolute Gasteiger partial charge is 0.494 e. The minimum atomic E-state index is -0.329. The van der Waals surface area contributed by atoms with Gasteiger partial charge in [0.05, 0.1) is 18.3 Å². The van der Waals surface area contributed by atoms with Crippen LogP contribution in [-0.2, 0) is 0 Å². The highest BCUT2D eigenvalue weighted by molar-refractivity contribution is 6.32. The fourth-order valence-corrected chi connectivity index (χ4v) is 2.41. The van der Waals surface area contributed by atoms with Crippen molar-refractivity contribution in [3.8, 4) is 5.75 Å². The minimum Gasteiger partial charge on any atom is -0.494 e. The lowest BCUT2D eigenvalue weighted by Crippen LogP contribution is -2.17. The molecule has 1 amide bonds. The van der Waals surface area contributed by atoms with Crippen molar-refractivity contribution in [3.63, 3.8) is 0 Å². The highest BCUT2D eigenvalue weighted by atomic mass is 35.5. The summed E-state index contributed by atoms with van der Waals surface area (Å²) in [7, 11) is 0. The van der Waals surface area contributed by atoms with Gasteiger partial charge in [0.15, 0.2) is 0 Å². The van der Waals surface area contributed by atoms with E-state index >= 15 is 0 Å². The topological polar surface area (TPSA) is 76.5 Å². The van der Waals surface area contributed by atoms with Crippen LogP contribution >= 0.6 is 11.6 Å². The fraction of sp³-hybridized carbons (Fsp3) is 0.111. The first kappa shape index (κ1) is 16.9. The molecule has 0 radical (unpaired) electrons. The van der Waals surface area contributed by atoms with Crippen LogP contribution in [0.25, 0.3) is 10.9 Å². The lowest BCUT2D eigenvalue weighted by molar-refractivity contribution is 0.0955. The van der Waals surface area contributed by atoms with Gasteiger partial charge in [0.2, 0.25) is 0 Å². The lowest BCUT2D eigenvalue weighted by atomic mass is 10.1. The molecule has 0 aliphatic carbocycles. The van der Waals surface area contributed by atoms with Crippen LogP contribution in [0.1, 0.15) is 22.8 Å². The Morgan fingerprint density at radius 2 is 2.08 bits per heavy atom. The lowest BCUT2D eigenvalue weighted by Gasteiger charge is -2.06. The van der Waals surface area contributed by atoms with Crippen LogP contribution in [-0.4, -0.2) is 28.7 Å². The molecule has 25 heavy (non-hydrogen) atoms. The van der Waals surface area contributed by atoms with E-state index in [9.17, 15) is 4.79 Å². The molecule has 0 unspecified atom stereocenters. The van der Waals surface area contributed by atoms with Gasteiger partial charge in [0, 0.05) is 35.0 Å². The first-order valence-electron chi connectivity index (χ1n) is 7.64. The van der Waals surface area contributed by atoms with Gasteiger partial charge in [-0.3, -0.25) is 9.78 Å². The van der Waals surface area contributed by atoms with Crippen LogP contribution in [0.2, 0.25) is 5.15 Å². The molecule has 7 heteroatoms. The van der Waals surface area contributed by atoms with E-state index in [1.807, 2.05) is 31.2 Å². The maximum Gasteiger partial charge on any atom is 0.271 e. The van der Waals surface area contributed by atoms with Crippen molar-refractivity contribution in [1.29, 1.82) is 0 Å². The summed E-state index contributed by atoms with van der Waals surface area (Å²) in [5.41, 5.74) is 4.25. The number of carbonyl (C=O) groups is 1. The van der Waals surface area contributed by atoms with E-state index in [4.69, 9.17) is 16.3 Å². The second kappa shape index (κ2) is 7.72. The Bertz CT molecular complexity index is 929. The van der Waals surface area contributed by atoms with Gasteiger partial charge < -0.3 is 4.74 Å². The van der Waals surface area contributed by atoms with Crippen LogP contribution in [0.3, 0.4) is 0 Å². The average Bonchev–Trinajstić information content (AvgIpc) is 2.63. The van der Waals surface area contributed by atoms with Gasteiger partial charge in [-0.1, -0.05) is 11.6 Å². The molecule has 1 aromatic carbocycles. The molecule has 3 rings (SSSR count). The SMILES string of the molecule is CCOc1ccc2cc(/C=N\NC(=O)c3ccncc3)c(Cl)nc2c1. The van der Waals surface area contributed by atoms with Gasteiger partial charge in [-0.2, -0.15) is 5.10 Å². The van der Waals surface area contributed by atoms with Gasteiger partial charge >= 0.3 is 0 Å². The molecule has 6 nitrogen and oxygen atoms in total. The second-order valence-electron chi connectivity index (χ2n) is 5.09. The van der Waals surface area contributed by atoms with Crippen LogP contribution in [0.5, 0.6) is 5.75 Å². The van der Waals surface area contributed by atoms with Gasteiger partial charge in [0.25, 0.3) is 5.91 Å². The summed E-state index contributed by atoms with van der Waals surface area (Å²) in [5.74, 6) is 0.412. The zero-order chi connectivity index (χ0) is 17.6. The first-order valence-corrected chi connectivity index (χ1v) is 8.01. The molecular formula is C18H15ClN4O2. The molecule has 0 aliphatic rings. The summed E-state index contributed by atoms with van der Waals surface area (Å²) in [6.45, 7) is 2.51. The van der Waals surface area contributed by atoms with Gasteiger partial charge in [-0.15, -0.1) is 0 Å². The predicted octanol–water partition coefficient (Wildman–Crippen LogP) is 3.45. The Kier molecular flexibility index (Phi) is 5.20. The van der Waals surface area contributed by atoms with E-state index in [2.05, 4.69) is 20.5 Å². The Labute approximate surface area is 149 Å². The molecule has 2 heterocycles. The number of nitrogens with zero attached hydrogens (tertiary/aromatic N) is 3. The highest BCUT2D eigenvalue weighted by Crippen LogP contribution is 2.23. The van der Waals surface area contributed by atoms with Crippen LogP contribution in [0.15, 0.2) is 53.9 Å². The third-order valence-corrected chi connectivity index (χ3v) is 3.70. The molecule has 0 saturated carbocycles. The summed E-state index contributed by atoms with van der Waals surface area (Å²) in [4.78, 5) is 20.1. The number of carbonyl (C=O) groups excluding carboxylic acids is 1. The Hall–Kier alpha value is -2.99. The molecule has 0 saturated heterocycles. The first-order chi connectivity index (χ1) is 12.2. The number of pyridine rings is 2.